The molecule has 1 atom stereocenters. The Morgan fingerprint density at radius 3 is 1.96 bits per heavy atom. The minimum atomic E-state index is -0.550. The Balaban J connectivity index is 1.78. The van der Waals surface area contributed by atoms with Crippen LogP contribution >= 0.6 is 0 Å². The van der Waals surface area contributed by atoms with E-state index in [2.05, 4.69) is 0 Å². The summed E-state index contributed by atoms with van der Waals surface area (Å²) in [5.74, 6) is -1.41. The molecule has 3 aromatic rings. The zero-order valence-electron chi connectivity index (χ0n) is 14.4. The molecule has 0 fully saturated rings. The van der Waals surface area contributed by atoms with Gasteiger partial charge in [-0.15, -0.1) is 0 Å². The predicted octanol–water partition coefficient (Wildman–Crippen LogP) is 6.62. The van der Waals surface area contributed by atoms with Gasteiger partial charge in [-0.2, -0.15) is 0 Å². The molecule has 0 spiro atoms. The van der Waals surface area contributed by atoms with Crippen molar-refractivity contribution < 1.29 is 13.2 Å². The third-order valence-electron chi connectivity index (χ3n) is 4.38. The first kappa shape index (κ1) is 18.0. The van der Waals surface area contributed by atoms with Crippen LogP contribution in [0.15, 0.2) is 66.7 Å². The van der Waals surface area contributed by atoms with Gasteiger partial charge in [-0.25, -0.2) is 13.2 Å². The molecule has 0 radical (unpaired) electrons. The first-order valence-corrected chi connectivity index (χ1v) is 8.49. The molecule has 26 heavy (non-hydrogen) atoms. The van der Waals surface area contributed by atoms with Crippen LogP contribution in [0.4, 0.5) is 13.2 Å². The van der Waals surface area contributed by atoms with Crippen LogP contribution in [0, 0.1) is 17.5 Å². The van der Waals surface area contributed by atoms with E-state index in [1.54, 1.807) is 24.3 Å². The first-order chi connectivity index (χ1) is 12.5. The summed E-state index contributed by atoms with van der Waals surface area (Å²) < 4.78 is 41.8. The Labute approximate surface area is 151 Å². The van der Waals surface area contributed by atoms with Gasteiger partial charge in [-0.1, -0.05) is 61.5 Å². The van der Waals surface area contributed by atoms with Crippen molar-refractivity contribution in [2.45, 2.75) is 19.3 Å². The molecule has 132 valence electrons. The summed E-state index contributed by atoms with van der Waals surface area (Å²) in [4.78, 5) is 0. The highest BCUT2D eigenvalue weighted by Crippen LogP contribution is 2.25. The number of hydrogen-bond acceptors (Lipinski definition) is 0. The predicted molar refractivity (Wildman–Crippen MR) is 100 cm³/mol. The molecule has 0 heterocycles. The van der Waals surface area contributed by atoms with Crippen LogP contribution in [-0.4, -0.2) is 0 Å². The fourth-order valence-electron chi connectivity index (χ4n) is 2.89. The monoisotopic (exact) mass is 352 g/mol. The average Bonchev–Trinajstić information content (AvgIpc) is 2.65. The molecule has 0 saturated carbocycles. The Morgan fingerprint density at radius 2 is 1.35 bits per heavy atom. The van der Waals surface area contributed by atoms with Gasteiger partial charge in [0.05, 0.1) is 0 Å². The second-order valence-electron chi connectivity index (χ2n) is 6.36. The highest BCUT2D eigenvalue weighted by molar-refractivity contribution is 5.69. The van der Waals surface area contributed by atoms with Gasteiger partial charge < -0.3 is 0 Å². The molecule has 3 rings (SSSR count). The lowest BCUT2D eigenvalue weighted by Gasteiger charge is -2.13. The largest absolute Gasteiger partial charge is 0.207 e. The van der Waals surface area contributed by atoms with E-state index in [-0.39, 0.29) is 17.3 Å². The van der Waals surface area contributed by atoms with Crippen molar-refractivity contribution in [3.8, 4) is 0 Å². The molecule has 0 aliphatic rings. The van der Waals surface area contributed by atoms with Crippen molar-refractivity contribution in [3.63, 3.8) is 0 Å². The normalized spacial score (nSPS) is 12.5. The van der Waals surface area contributed by atoms with Crippen molar-refractivity contribution in [2.24, 2.45) is 0 Å². The van der Waals surface area contributed by atoms with E-state index in [9.17, 15) is 13.2 Å². The minimum Gasteiger partial charge on any atom is -0.207 e. The van der Waals surface area contributed by atoms with Crippen LogP contribution < -0.4 is 0 Å². The highest BCUT2D eigenvalue weighted by atomic mass is 19.1. The maximum atomic E-state index is 14.4. The molecule has 0 aliphatic carbocycles. The lowest BCUT2D eigenvalue weighted by molar-refractivity contribution is 0.543. The molecule has 0 N–H and O–H groups in total. The molecular formula is C23H19F3. The van der Waals surface area contributed by atoms with Crippen LogP contribution in [0.3, 0.4) is 0 Å². The molecular weight excluding hydrogens is 333 g/mol. The van der Waals surface area contributed by atoms with Crippen LogP contribution in [-0.2, 0) is 6.42 Å². The van der Waals surface area contributed by atoms with Crippen molar-refractivity contribution in [1.82, 2.24) is 0 Å². The summed E-state index contributed by atoms with van der Waals surface area (Å²) in [6.45, 7) is 1.95. The Hall–Kier alpha value is -2.81. The molecule has 0 unspecified atom stereocenters. The Morgan fingerprint density at radius 1 is 0.769 bits per heavy atom. The minimum absolute atomic E-state index is 0.0146. The topological polar surface area (TPSA) is 0 Å². The van der Waals surface area contributed by atoms with Crippen LogP contribution in [0.5, 0.6) is 0 Å². The third-order valence-corrected chi connectivity index (χ3v) is 4.38. The zero-order valence-corrected chi connectivity index (χ0v) is 14.4. The Bertz CT molecular complexity index is 873. The van der Waals surface area contributed by atoms with E-state index in [4.69, 9.17) is 0 Å². The standard InChI is InChI=1S/C23H19F3/c1-16(19-5-3-2-4-6-19)13-21-22(25)14-18(15-23(21)26)8-7-17-9-11-20(24)12-10-17/h2-12,14-16H,13H2,1H3/t16-/m1/s1. The van der Waals surface area contributed by atoms with Gasteiger partial charge in [0.15, 0.2) is 0 Å². The summed E-state index contributed by atoms with van der Waals surface area (Å²) in [7, 11) is 0. The van der Waals surface area contributed by atoms with Crippen molar-refractivity contribution in [3.05, 3.63) is 106 Å². The SMILES string of the molecule is C[C@H](Cc1c(F)cc(C=Cc2ccc(F)cc2)cc1F)c1ccccc1. The van der Waals surface area contributed by atoms with E-state index < -0.39 is 11.6 Å². The number of halogens is 3. The Kier molecular flexibility index (Phi) is 5.57. The fraction of sp³-hybridized carbons (Fsp3) is 0.130. The van der Waals surface area contributed by atoms with E-state index in [1.165, 1.54) is 24.3 Å². The maximum Gasteiger partial charge on any atom is 0.129 e. The molecule has 3 heteroatoms. The van der Waals surface area contributed by atoms with Crippen molar-refractivity contribution >= 4 is 12.2 Å². The lowest BCUT2D eigenvalue weighted by atomic mass is 9.92. The zero-order chi connectivity index (χ0) is 18.5. The van der Waals surface area contributed by atoms with Gasteiger partial charge in [0.1, 0.15) is 17.5 Å². The number of benzene rings is 3. The summed E-state index contributed by atoms with van der Waals surface area (Å²) >= 11 is 0. The van der Waals surface area contributed by atoms with Crippen LogP contribution in [0.2, 0.25) is 0 Å². The van der Waals surface area contributed by atoms with Gasteiger partial charge in [-0.05, 0) is 53.3 Å². The quantitative estimate of drug-likeness (QED) is 0.453. The second kappa shape index (κ2) is 8.05. The van der Waals surface area contributed by atoms with Crippen LogP contribution in [0.1, 0.15) is 35.1 Å². The number of hydrogen-bond donors (Lipinski definition) is 0. The smallest absolute Gasteiger partial charge is 0.129 e. The van der Waals surface area contributed by atoms with Gasteiger partial charge in [0.25, 0.3) is 0 Å². The third kappa shape index (κ3) is 4.42. The lowest BCUT2D eigenvalue weighted by Crippen LogP contribution is -2.04. The van der Waals surface area contributed by atoms with Gasteiger partial charge in [0.2, 0.25) is 0 Å². The molecule has 0 aromatic heterocycles. The summed E-state index contributed by atoms with van der Waals surface area (Å²) in [5, 5.41) is 0. The van der Waals surface area contributed by atoms with E-state index >= 15 is 0 Å². The second-order valence-corrected chi connectivity index (χ2v) is 6.36. The van der Waals surface area contributed by atoms with Gasteiger partial charge in [-0.3, -0.25) is 0 Å². The fourth-order valence-corrected chi connectivity index (χ4v) is 2.89. The molecule has 0 nitrogen and oxygen atoms in total. The molecule has 0 amide bonds. The molecule has 0 saturated heterocycles. The summed E-state index contributed by atoms with van der Waals surface area (Å²) in [5.41, 5.74) is 2.33. The molecule has 0 bridgehead atoms. The highest BCUT2D eigenvalue weighted by Gasteiger charge is 2.15. The van der Waals surface area contributed by atoms with E-state index in [0.29, 0.717) is 12.0 Å². The van der Waals surface area contributed by atoms with Crippen molar-refractivity contribution in [2.75, 3.05) is 0 Å². The average molecular weight is 352 g/mol. The van der Waals surface area contributed by atoms with E-state index in [0.717, 1.165) is 11.1 Å². The molecule has 3 aromatic carbocycles. The number of rotatable bonds is 5. The summed E-state index contributed by atoms with van der Waals surface area (Å²) in [6.07, 6.45) is 3.60. The van der Waals surface area contributed by atoms with Crippen molar-refractivity contribution in [1.29, 1.82) is 0 Å². The maximum absolute atomic E-state index is 14.4. The van der Waals surface area contributed by atoms with Crippen LogP contribution in [0.25, 0.3) is 12.2 Å². The summed E-state index contributed by atoms with van der Waals surface area (Å²) in [6, 6.07) is 18.2. The van der Waals surface area contributed by atoms with Gasteiger partial charge in [0, 0.05) is 5.56 Å². The van der Waals surface area contributed by atoms with E-state index in [1.807, 2.05) is 37.3 Å². The van der Waals surface area contributed by atoms with Gasteiger partial charge >= 0.3 is 0 Å². The first-order valence-electron chi connectivity index (χ1n) is 8.49. The molecule has 0 aliphatic heterocycles.